The molecule has 1 saturated carbocycles. The van der Waals surface area contributed by atoms with Crippen LogP contribution in [0.15, 0.2) is 16.6 Å². The van der Waals surface area contributed by atoms with Crippen molar-refractivity contribution < 1.29 is 9.47 Å². The van der Waals surface area contributed by atoms with Gasteiger partial charge in [-0.2, -0.15) is 0 Å². The van der Waals surface area contributed by atoms with Crippen LogP contribution in [0.4, 0.5) is 0 Å². The van der Waals surface area contributed by atoms with Crippen molar-refractivity contribution in [2.24, 2.45) is 11.8 Å². The number of benzene rings is 1. The van der Waals surface area contributed by atoms with Gasteiger partial charge in [0.05, 0.1) is 17.7 Å². The zero-order chi connectivity index (χ0) is 15.4. The number of hydrogen-bond donors (Lipinski definition) is 1. The quantitative estimate of drug-likeness (QED) is 0.849. The minimum atomic E-state index is 0.288. The third-order valence-corrected chi connectivity index (χ3v) is 5.09. The van der Waals surface area contributed by atoms with Gasteiger partial charge in [-0.05, 0) is 71.8 Å². The number of ether oxygens (including phenoxy) is 2. The SMILES string of the molecule is CNCc1cc(Br)c(OC2CCC(C)C(C)C2)c(OC)c1. The maximum absolute atomic E-state index is 6.27. The smallest absolute Gasteiger partial charge is 0.175 e. The van der Waals surface area contributed by atoms with Crippen LogP contribution in [-0.4, -0.2) is 20.3 Å². The fraction of sp³-hybridized carbons (Fsp3) is 0.647. The van der Waals surface area contributed by atoms with Crippen LogP contribution in [0.3, 0.4) is 0 Å². The summed E-state index contributed by atoms with van der Waals surface area (Å²) < 4.78 is 12.8. The highest BCUT2D eigenvalue weighted by molar-refractivity contribution is 9.10. The lowest BCUT2D eigenvalue weighted by Gasteiger charge is -2.32. The first kappa shape index (κ1) is 16.6. The van der Waals surface area contributed by atoms with E-state index in [1.54, 1.807) is 7.11 Å². The molecule has 21 heavy (non-hydrogen) atoms. The molecule has 1 aliphatic rings. The summed E-state index contributed by atoms with van der Waals surface area (Å²) in [5.41, 5.74) is 1.18. The molecular weight excluding hydrogens is 330 g/mol. The molecule has 1 aromatic carbocycles. The highest BCUT2D eigenvalue weighted by atomic mass is 79.9. The summed E-state index contributed by atoms with van der Waals surface area (Å²) in [6, 6.07) is 4.15. The predicted molar refractivity (Wildman–Crippen MR) is 90.1 cm³/mol. The summed E-state index contributed by atoms with van der Waals surface area (Å²) in [4.78, 5) is 0. The Kier molecular flexibility index (Phi) is 5.94. The van der Waals surface area contributed by atoms with Crippen LogP contribution in [0, 0.1) is 11.8 Å². The normalized spacial score (nSPS) is 25.7. The highest BCUT2D eigenvalue weighted by Crippen LogP contribution is 2.40. The van der Waals surface area contributed by atoms with Crippen LogP contribution >= 0.6 is 15.9 Å². The molecule has 0 spiro atoms. The molecular formula is C17H26BrNO2. The molecule has 0 saturated heterocycles. The first-order valence-electron chi connectivity index (χ1n) is 7.72. The average Bonchev–Trinajstić information content (AvgIpc) is 2.45. The van der Waals surface area contributed by atoms with E-state index in [0.29, 0.717) is 0 Å². The van der Waals surface area contributed by atoms with Gasteiger partial charge in [0.25, 0.3) is 0 Å². The summed E-state index contributed by atoms with van der Waals surface area (Å²) in [5, 5.41) is 3.16. The van der Waals surface area contributed by atoms with Gasteiger partial charge in [0, 0.05) is 6.54 Å². The maximum atomic E-state index is 6.27. The number of hydrogen-bond acceptors (Lipinski definition) is 3. The molecule has 3 unspecified atom stereocenters. The molecule has 4 heteroatoms. The van der Waals surface area contributed by atoms with E-state index in [-0.39, 0.29) is 6.10 Å². The van der Waals surface area contributed by atoms with E-state index in [2.05, 4.69) is 41.2 Å². The van der Waals surface area contributed by atoms with Gasteiger partial charge in [0.2, 0.25) is 0 Å². The molecule has 1 N–H and O–H groups in total. The Labute approximate surface area is 136 Å². The van der Waals surface area contributed by atoms with Crippen LogP contribution in [0.1, 0.15) is 38.7 Å². The Balaban J connectivity index is 2.15. The van der Waals surface area contributed by atoms with Crippen LogP contribution < -0.4 is 14.8 Å². The van der Waals surface area contributed by atoms with Crippen LogP contribution in [0.5, 0.6) is 11.5 Å². The zero-order valence-corrected chi connectivity index (χ0v) is 15.0. The summed E-state index contributed by atoms with van der Waals surface area (Å²) in [7, 11) is 3.64. The first-order valence-corrected chi connectivity index (χ1v) is 8.52. The molecule has 3 atom stereocenters. The molecule has 0 aliphatic heterocycles. The average molecular weight is 356 g/mol. The van der Waals surface area contributed by atoms with Gasteiger partial charge in [0.15, 0.2) is 11.5 Å². The van der Waals surface area contributed by atoms with E-state index in [0.717, 1.165) is 47.2 Å². The van der Waals surface area contributed by atoms with Crippen LogP contribution in [0.2, 0.25) is 0 Å². The molecule has 0 heterocycles. The van der Waals surface area contributed by atoms with Gasteiger partial charge in [0.1, 0.15) is 0 Å². The second-order valence-corrected chi connectivity index (χ2v) is 7.00. The van der Waals surface area contributed by atoms with Crippen LogP contribution in [-0.2, 0) is 6.54 Å². The summed E-state index contributed by atoms with van der Waals surface area (Å²) in [6.45, 7) is 5.47. The van der Waals surface area contributed by atoms with Gasteiger partial charge in [-0.3, -0.25) is 0 Å². The van der Waals surface area contributed by atoms with Gasteiger partial charge in [-0.15, -0.1) is 0 Å². The van der Waals surface area contributed by atoms with E-state index >= 15 is 0 Å². The fourth-order valence-electron chi connectivity index (χ4n) is 2.97. The van der Waals surface area contributed by atoms with Gasteiger partial charge < -0.3 is 14.8 Å². The van der Waals surface area contributed by atoms with E-state index in [1.165, 1.54) is 12.0 Å². The molecule has 2 rings (SSSR count). The minimum absolute atomic E-state index is 0.288. The third kappa shape index (κ3) is 4.13. The van der Waals surface area contributed by atoms with Gasteiger partial charge >= 0.3 is 0 Å². The first-order chi connectivity index (χ1) is 10.0. The Morgan fingerprint density at radius 3 is 2.62 bits per heavy atom. The summed E-state index contributed by atoms with van der Waals surface area (Å²) in [5.74, 6) is 3.16. The monoisotopic (exact) mass is 355 g/mol. The zero-order valence-electron chi connectivity index (χ0n) is 13.4. The molecule has 1 aromatic rings. The van der Waals surface area contributed by atoms with Crippen molar-refractivity contribution in [3.63, 3.8) is 0 Å². The predicted octanol–water partition coefficient (Wildman–Crippen LogP) is 4.38. The molecule has 0 amide bonds. The lowest BCUT2D eigenvalue weighted by atomic mass is 9.80. The Morgan fingerprint density at radius 2 is 2.00 bits per heavy atom. The molecule has 1 aliphatic carbocycles. The molecule has 3 nitrogen and oxygen atoms in total. The van der Waals surface area contributed by atoms with Crippen molar-refractivity contribution >= 4 is 15.9 Å². The highest BCUT2D eigenvalue weighted by Gasteiger charge is 2.27. The van der Waals surface area contributed by atoms with Crippen molar-refractivity contribution in [3.8, 4) is 11.5 Å². The fourth-order valence-corrected chi connectivity index (χ4v) is 3.55. The minimum Gasteiger partial charge on any atom is -0.493 e. The van der Waals surface area contributed by atoms with E-state index < -0.39 is 0 Å². The number of methoxy groups -OCH3 is 1. The molecule has 0 bridgehead atoms. The van der Waals surface area contributed by atoms with E-state index in [4.69, 9.17) is 9.47 Å². The maximum Gasteiger partial charge on any atom is 0.175 e. The summed E-state index contributed by atoms with van der Waals surface area (Å²) >= 11 is 3.63. The van der Waals surface area contributed by atoms with Crippen molar-refractivity contribution in [1.82, 2.24) is 5.32 Å². The van der Waals surface area contributed by atoms with Gasteiger partial charge in [-0.1, -0.05) is 13.8 Å². The molecule has 1 fully saturated rings. The Morgan fingerprint density at radius 1 is 1.24 bits per heavy atom. The Bertz CT molecular complexity index is 478. The topological polar surface area (TPSA) is 30.5 Å². The third-order valence-electron chi connectivity index (χ3n) is 4.50. The number of rotatable bonds is 5. The van der Waals surface area contributed by atoms with Crippen molar-refractivity contribution in [1.29, 1.82) is 0 Å². The second kappa shape index (κ2) is 7.50. The van der Waals surface area contributed by atoms with Gasteiger partial charge in [-0.25, -0.2) is 0 Å². The van der Waals surface area contributed by atoms with Crippen molar-refractivity contribution in [2.75, 3.05) is 14.2 Å². The Hall–Kier alpha value is -0.740. The molecule has 118 valence electrons. The number of halogens is 1. The standard InChI is InChI=1S/C17H26BrNO2/c1-11-5-6-14(7-12(11)2)21-17-15(18)8-13(10-19-3)9-16(17)20-4/h8-9,11-12,14,19H,5-7,10H2,1-4H3. The lowest BCUT2D eigenvalue weighted by molar-refractivity contribution is 0.0969. The van der Waals surface area contributed by atoms with Crippen molar-refractivity contribution in [2.45, 2.75) is 45.8 Å². The van der Waals surface area contributed by atoms with E-state index in [9.17, 15) is 0 Å². The second-order valence-electron chi connectivity index (χ2n) is 6.15. The van der Waals surface area contributed by atoms with Crippen molar-refractivity contribution in [3.05, 3.63) is 22.2 Å². The summed E-state index contributed by atoms with van der Waals surface area (Å²) in [6.07, 6.45) is 3.77. The molecule has 0 aromatic heterocycles. The van der Waals surface area contributed by atoms with E-state index in [1.807, 2.05) is 13.1 Å². The largest absolute Gasteiger partial charge is 0.493 e. The lowest BCUT2D eigenvalue weighted by Crippen LogP contribution is -2.29. The molecule has 0 radical (unpaired) electrons. The number of nitrogens with one attached hydrogen (secondary N) is 1. The van der Waals surface area contributed by atoms with Crippen LogP contribution in [0.25, 0.3) is 0 Å².